The van der Waals surface area contributed by atoms with Gasteiger partial charge >= 0.3 is 0 Å². The van der Waals surface area contributed by atoms with Gasteiger partial charge in [0.1, 0.15) is 6.10 Å². The van der Waals surface area contributed by atoms with Crippen LogP contribution < -0.4 is 0 Å². The molecule has 0 spiro atoms. The molecule has 0 saturated carbocycles. The minimum Gasteiger partial charge on any atom is -0.411 e. The second-order valence-electron chi connectivity index (χ2n) is 7.51. The predicted molar refractivity (Wildman–Crippen MR) is 89.6 cm³/mol. The minimum atomic E-state index is -1.75. The van der Waals surface area contributed by atoms with Gasteiger partial charge in [0.05, 0.1) is 12.7 Å². The molecule has 0 aromatic carbocycles. The Hall–Kier alpha value is -0.383. The van der Waals surface area contributed by atoms with Gasteiger partial charge < -0.3 is 9.16 Å². The Kier molecular flexibility index (Phi) is 6.23. The zero-order valence-corrected chi connectivity index (χ0v) is 15.2. The maximum absolute atomic E-state index is 6.60. The van der Waals surface area contributed by atoms with Crippen LogP contribution in [-0.4, -0.2) is 27.1 Å². The molecule has 0 aromatic rings. The van der Waals surface area contributed by atoms with Gasteiger partial charge in [0.2, 0.25) is 0 Å². The molecule has 3 heteroatoms. The van der Waals surface area contributed by atoms with Crippen molar-refractivity contribution in [2.45, 2.75) is 77.3 Å². The standard InChI is InChI=1S/C17H32O2Si/c1-14(2)13-18-15-11-9-8-10-12-16(15)19-20(6,7)17(3,4)5/h9,11,15-16H,1,8,10,12-13H2,2-7H3/t15-,16-/m0/s1. The Morgan fingerprint density at radius 3 is 2.55 bits per heavy atom. The third kappa shape index (κ3) is 5.19. The normalized spacial score (nSPS) is 24.5. The first-order chi connectivity index (χ1) is 9.13. The average Bonchev–Trinajstić information content (AvgIpc) is 2.49. The van der Waals surface area contributed by atoms with Crippen LogP contribution in [0.25, 0.3) is 0 Å². The van der Waals surface area contributed by atoms with Crippen molar-refractivity contribution in [2.24, 2.45) is 0 Å². The first kappa shape index (κ1) is 17.7. The van der Waals surface area contributed by atoms with E-state index in [9.17, 15) is 0 Å². The number of hydrogen-bond donors (Lipinski definition) is 0. The molecule has 0 saturated heterocycles. The van der Waals surface area contributed by atoms with E-state index in [0.29, 0.717) is 6.61 Å². The van der Waals surface area contributed by atoms with Gasteiger partial charge in [-0.05, 0) is 44.3 Å². The SMILES string of the molecule is C=C(C)CO[C@H]1C=CCCC[C@@H]1O[Si](C)(C)C(C)(C)C. The lowest BCUT2D eigenvalue weighted by atomic mass is 10.1. The van der Waals surface area contributed by atoms with Crippen LogP contribution >= 0.6 is 0 Å². The van der Waals surface area contributed by atoms with Crippen molar-refractivity contribution in [1.82, 2.24) is 0 Å². The number of rotatable bonds is 5. The highest BCUT2D eigenvalue weighted by atomic mass is 28.4. The van der Waals surface area contributed by atoms with Gasteiger partial charge in [-0.1, -0.05) is 45.1 Å². The molecule has 0 unspecified atom stereocenters. The fourth-order valence-corrected chi connectivity index (χ4v) is 3.40. The third-order valence-electron chi connectivity index (χ3n) is 4.33. The van der Waals surface area contributed by atoms with E-state index >= 15 is 0 Å². The summed E-state index contributed by atoms with van der Waals surface area (Å²) in [5, 5.41) is 0.238. The van der Waals surface area contributed by atoms with Gasteiger partial charge in [0.15, 0.2) is 8.32 Å². The lowest BCUT2D eigenvalue weighted by Gasteiger charge is -2.40. The summed E-state index contributed by atoms with van der Waals surface area (Å²) in [7, 11) is -1.75. The van der Waals surface area contributed by atoms with Crippen molar-refractivity contribution in [1.29, 1.82) is 0 Å². The van der Waals surface area contributed by atoms with Gasteiger partial charge in [-0.2, -0.15) is 0 Å². The molecular formula is C17H32O2Si. The van der Waals surface area contributed by atoms with Crippen molar-refractivity contribution in [2.75, 3.05) is 6.61 Å². The first-order valence-electron chi connectivity index (χ1n) is 7.74. The van der Waals surface area contributed by atoms with Crippen molar-refractivity contribution in [3.8, 4) is 0 Å². The van der Waals surface area contributed by atoms with Crippen LogP contribution in [0.5, 0.6) is 0 Å². The van der Waals surface area contributed by atoms with E-state index < -0.39 is 8.32 Å². The topological polar surface area (TPSA) is 18.5 Å². The molecule has 0 aromatic heterocycles. The highest BCUT2D eigenvalue weighted by Crippen LogP contribution is 2.38. The number of ether oxygens (including phenoxy) is 1. The van der Waals surface area contributed by atoms with Crippen LogP contribution in [0.1, 0.15) is 47.0 Å². The van der Waals surface area contributed by atoms with Crippen LogP contribution in [0.3, 0.4) is 0 Å². The van der Waals surface area contributed by atoms with Crippen LogP contribution in [0.2, 0.25) is 18.1 Å². The Balaban J connectivity index is 2.77. The molecule has 0 heterocycles. The summed E-state index contributed by atoms with van der Waals surface area (Å²) < 4.78 is 12.6. The van der Waals surface area contributed by atoms with Crippen LogP contribution in [0, 0.1) is 0 Å². The van der Waals surface area contributed by atoms with E-state index in [1.54, 1.807) is 0 Å². The largest absolute Gasteiger partial charge is 0.411 e. The molecule has 1 aliphatic carbocycles. The summed E-state index contributed by atoms with van der Waals surface area (Å²) in [5.74, 6) is 0. The van der Waals surface area contributed by atoms with Gasteiger partial charge in [-0.15, -0.1) is 0 Å². The van der Waals surface area contributed by atoms with Crippen molar-refractivity contribution in [3.63, 3.8) is 0 Å². The molecule has 116 valence electrons. The van der Waals surface area contributed by atoms with Crippen LogP contribution in [-0.2, 0) is 9.16 Å². The van der Waals surface area contributed by atoms with Crippen molar-refractivity contribution >= 4 is 8.32 Å². The lowest BCUT2D eigenvalue weighted by Crippen LogP contribution is -2.47. The number of hydrogen-bond acceptors (Lipinski definition) is 2. The predicted octanol–water partition coefficient (Wildman–Crippen LogP) is 5.08. The molecule has 1 rings (SSSR count). The summed E-state index contributed by atoms with van der Waals surface area (Å²) in [4.78, 5) is 0. The average molecular weight is 297 g/mol. The second-order valence-corrected chi connectivity index (χ2v) is 12.3. The third-order valence-corrected chi connectivity index (χ3v) is 8.83. The minimum absolute atomic E-state index is 0.0725. The van der Waals surface area contributed by atoms with Gasteiger partial charge in [0, 0.05) is 0 Å². The molecule has 0 aliphatic heterocycles. The van der Waals surface area contributed by atoms with E-state index in [1.165, 1.54) is 6.42 Å². The molecular weight excluding hydrogens is 264 g/mol. The molecule has 0 radical (unpaired) electrons. The Morgan fingerprint density at radius 2 is 2.00 bits per heavy atom. The first-order valence-corrected chi connectivity index (χ1v) is 10.6. The lowest BCUT2D eigenvalue weighted by molar-refractivity contribution is 0.00334. The summed E-state index contributed by atoms with van der Waals surface area (Å²) >= 11 is 0. The van der Waals surface area contributed by atoms with Crippen molar-refractivity contribution in [3.05, 3.63) is 24.3 Å². The van der Waals surface area contributed by atoms with Gasteiger partial charge in [0.25, 0.3) is 0 Å². The van der Waals surface area contributed by atoms with Gasteiger partial charge in [-0.3, -0.25) is 0 Å². The maximum atomic E-state index is 6.60. The van der Waals surface area contributed by atoms with Crippen LogP contribution in [0.4, 0.5) is 0 Å². The summed E-state index contributed by atoms with van der Waals surface area (Å²) in [6.07, 6.45) is 8.08. The summed E-state index contributed by atoms with van der Waals surface area (Å²) in [6, 6.07) is 0. The van der Waals surface area contributed by atoms with E-state index in [1.807, 2.05) is 6.92 Å². The highest BCUT2D eigenvalue weighted by Gasteiger charge is 2.40. The van der Waals surface area contributed by atoms with E-state index in [-0.39, 0.29) is 17.2 Å². The highest BCUT2D eigenvalue weighted by molar-refractivity contribution is 6.74. The maximum Gasteiger partial charge on any atom is 0.192 e. The zero-order chi connectivity index (χ0) is 15.4. The fourth-order valence-electron chi connectivity index (χ4n) is 2.04. The molecule has 0 bridgehead atoms. The van der Waals surface area contributed by atoms with Gasteiger partial charge in [-0.25, -0.2) is 0 Å². The number of allylic oxidation sites excluding steroid dienone is 1. The quantitative estimate of drug-likeness (QED) is 0.520. The summed E-state index contributed by atoms with van der Waals surface area (Å²) in [5.41, 5.74) is 1.06. The molecule has 20 heavy (non-hydrogen) atoms. The van der Waals surface area contributed by atoms with Crippen LogP contribution in [0.15, 0.2) is 24.3 Å². The van der Waals surface area contributed by atoms with E-state index in [2.05, 4.69) is 52.6 Å². The van der Waals surface area contributed by atoms with Crippen molar-refractivity contribution < 1.29 is 9.16 Å². The second kappa shape index (κ2) is 7.06. The van der Waals surface area contributed by atoms with E-state index in [4.69, 9.17) is 9.16 Å². The fraction of sp³-hybridized carbons (Fsp3) is 0.765. The molecule has 0 amide bonds. The monoisotopic (exact) mass is 296 g/mol. The Morgan fingerprint density at radius 1 is 1.35 bits per heavy atom. The Labute approximate surface area is 126 Å². The van der Waals surface area contributed by atoms with E-state index in [0.717, 1.165) is 18.4 Å². The summed E-state index contributed by atoms with van der Waals surface area (Å²) in [6.45, 7) is 18.0. The molecule has 0 fully saturated rings. The molecule has 1 aliphatic rings. The smallest absolute Gasteiger partial charge is 0.192 e. The molecule has 2 atom stereocenters. The molecule has 2 nitrogen and oxygen atoms in total. The zero-order valence-electron chi connectivity index (χ0n) is 14.2. The Bertz CT molecular complexity index is 352. The molecule has 0 N–H and O–H groups in total.